The summed E-state index contributed by atoms with van der Waals surface area (Å²) < 4.78 is 0. The number of hydrogen-bond acceptors (Lipinski definition) is 2. The standard InChI is InChI=1S/C12H12N2OS/c1-7-10-9(2-4-13-12(10)15)14-11(7)8-3-5-16-6-8/h3,5-6,14H,2,4H2,1H3,(H,13,15). The van der Waals surface area contributed by atoms with Crippen molar-refractivity contribution in [3.63, 3.8) is 0 Å². The fourth-order valence-electron chi connectivity index (χ4n) is 2.24. The molecule has 0 saturated carbocycles. The molecule has 82 valence electrons. The van der Waals surface area contributed by atoms with Crippen LogP contribution in [-0.4, -0.2) is 17.4 Å². The van der Waals surface area contributed by atoms with Crippen molar-refractivity contribution in [3.8, 4) is 11.3 Å². The third-order valence-corrected chi connectivity index (χ3v) is 3.71. The van der Waals surface area contributed by atoms with Gasteiger partial charge in [-0.15, -0.1) is 0 Å². The van der Waals surface area contributed by atoms with Gasteiger partial charge in [0.1, 0.15) is 0 Å². The van der Waals surface area contributed by atoms with E-state index in [1.54, 1.807) is 11.3 Å². The SMILES string of the molecule is Cc1c(-c2ccsc2)[nH]c2c1C(=O)NCC2. The number of nitrogens with one attached hydrogen (secondary N) is 2. The highest BCUT2D eigenvalue weighted by molar-refractivity contribution is 7.08. The number of amides is 1. The Bertz CT molecular complexity index is 540. The maximum absolute atomic E-state index is 11.8. The van der Waals surface area contributed by atoms with Crippen molar-refractivity contribution in [2.24, 2.45) is 0 Å². The van der Waals surface area contributed by atoms with Gasteiger partial charge in [-0.3, -0.25) is 4.79 Å². The Kier molecular flexibility index (Phi) is 2.11. The lowest BCUT2D eigenvalue weighted by atomic mass is 10.0. The van der Waals surface area contributed by atoms with E-state index >= 15 is 0 Å². The van der Waals surface area contributed by atoms with Crippen molar-refractivity contribution in [1.82, 2.24) is 10.3 Å². The van der Waals surface area contributed by atoms with Crippen molar-refractivity contribution in [2.45, 2.75) is 13.3 Å². The third kappa shape index (κ3) is 1.30. The summed E-state index contributed by atoms with van der Waals surface area (Å²) >= 11 is 1.67. The van der Waals surface area contributed by atoms with Gasteiger partial charge < -0.3 is 10.3 Å². The third-order valence-electron chi connectivity index (χ3n) is 3.03. The van der Waals surface area contributed by atoms with Gasteiger partial charge in [-0.1, -0.05) is 0 Å². The molecule has 4 heteroatoms. The van der Waals surface area contributed by atoms with Crippen molar-refractivity contribution >= 4 is 17.2 Å². The number of rotatable bonds is 1. The van der Waals surface area contributed by atoms with Crippen LogP contribution in [0.4, 0.5) is 0 Å². The lowest BCUT2D eigenvalue weighted by Crippen LogP contribution is -2.31. The van der Waals surface area contributed by atoms with Crippen molar-refractivity contribution < 1.29 is 4.79 Å². The molecule has 0 aliphatic carbocycles. The van der Waals surface area contributed by atoms with E-state index in [-0.39, 0.29) is 5.91 Å². The maximum Gasteiger partial charge on any atom is 0.253 e. The number of aromatic amines is 1. The quantitative estimate of drug-likeness (QED) is 0.778. The molecule has 0 bridgehead atoms. The van der Waals surface area contributed by atoms with E-state index < -0.39 is 0 Å². The van der Waals surface area contributed by atoms with Crippen LogP contribution in [-0.2, 0) is 6.42 Å². The van der Waals surface area contributed by atoms with Crippen molar-refractivity contribution in [3.05, 3.63) is 33.6 Å². The van der Waals surface area contributed by atoms with Gasteiger partial charge in [0.2, 0.25) is 0 Å². The summed E-state index contributed by atoms with van der Waals surface area (Å²) in [6, 6.07) is 2.08. The summed E-state index contributed by atoms with van der Waals surface area (Å²) in [5.74, 6) is 0.0523. The number of carbonyl (C=O) groups excluding carboxylic acids is 1. The van der Waals surface area contributed by atoms with Crippen LogP contribution >= 0.6 is 11.3 Å². The summed E-state index contributed by atoms with van der Waals surface area (Å²) in [4.78, 5) is 15.1. The first-order valence-electron chi connectivity index (χ1n) is 5.29. The molecule has 2 aromatic heterocycles. The van der Waals surface area contributed by atoms with E-state index in [0.717, 1.165) is 35.5 Å². The average molecular weight is 232 g/mol. The van der Waals surface area contributed by atoms with Gasteiger partial charge in [-0.05, 0) is 23.9 Å². The Hall–Kier alpha value is -1.55. The summed E-state index contributed by atoms with van der Waals surface area (Å²) in [6.45, 7) is 2.74. The molecule has 0 spiro atoms. The van der Waals surface area contributed by atoms with Crippen LogP contribution in [0.3, 0.4) is 0 Å². The Morgan fingerprint density at radius 3 is 3.00 bits per heavy atom. The molecule has 2 N–H and O–H groups in total. The van der Waals surface area contributed by atoms with Crippen LogP contribution < -0.4 is 5.32 Å². The summed E-state index contributed by atoms with van der Waals surface area (Å²) in [5, 5.41) is 7.03. The van der Waals surface area contributed by atoms with Crippen LogP contribution in [0.5, 0.6) is 0 Å². The zero-order valence-electron chi connectivity index (χ0n) is 8.96. The Morgan fingerprint density at radius 2 is 2.31 bits per heavy atom. The van der Waals surface area contributed by atoms with Crippen LogP contribution in [0.1, 0.15) is 21.6 Å². The highest BCUT2D eigenvalue weighted by atomic mass is 32.1. The van der Waals surface area contributed by atoms with Gasteiger partial charge in [0.15, 0.2) is 0 Å². The van der Waals surface area contributed by atoms with Gasteiger partial charge >= 0.3 is 0 Å². The van der Waals surface area contributed by atoms with Gasteiger partial charge in [0.25, 0.3) is 5.91 Å². The second-order valence-corrected chi connectivity index (χ2v) is 4.78. The predicted molar refractivity (Wildman–Crippen MR) is 64.9 cm³/mol. The number of hydrogen-bond donors (Lipinski definition) is 2. The minimum Gasteiger partial charge on any atom is -0.357 e. The molecular formula is C12H12N2OS. The highest BCUT2D eigenvalue weighted by Crippen LogP contribution is 2.30. The molecule has 0 fully saturated rings. The molecule has 3 nitrogen and oxygen atoms in total. The topological polar surface area (TPSA) is 44.9 Å². The molecule has 2 aromatic rings. The monoisotopic (exact) mass is 232 g/mol. The molecule has 1 aliphatic heterocycles. The summed E-state index contributed by atoms with van der Waals surface area (Å²) in [6.07, 6.45) is 0.895. The molecule has 16 heavy (non-hydrogen) atoms. The zero-order valence-corrected chi connectivity index (χ0v) is 9.78. The van der Waals surface area contributed by atoms with Crippen molar-refractivity contribution in [2.75, 3.05) is 6.54 Å². The second kappa shape index (κ2) is 3.49. The fourth-order valence-corrected chi connectivity index (χ4v) is 2.88. The van der Waals surface area contributed by atoms with Crippen LogP contribution in [0, 0.1) is 6.92 Å². The van der Waals surface area contributed by atoms with Crippen molar-refractivity contribution in [1.29, 1.82) is 0 Å². The number of carbonyl (C=O) groups is 1. The minimum absolute atomic E-state index is 0.0523. The second-order valence-electron chi connectivity index (χ2n) is 4.00. The Labute approximate surface area is 97.5 Å². The smallest absolute Gasteiger partial charge is 0.253 e. The average Bonchev–Trinajstić information content (AvgIpc) is 2.86. The van der Waals surface area contributed by atoms with Gasteiger partial charge in [-0.2, -0.15) is 11.3 Å². The number of aromatic nitrogens is 1. The van der Waals surface area contributed by atoms with Crippen LogP contribution in [0.25, 0.3) is 11.3 Å². The molecule has 1 aliphatic rings. The Morgan fingerprint density at radius 1 is 1.44 bits per heavy atom. The van der Waals surface area contributed by atoms with Gasteiger partial charge in [0.05, 0.1) is 11.3 Å². The summed E-state index contributed by atoms with van der Waals surface area (Å²) in [7, 11) is 0. The molecule has 3 heterocycles. The molecule has 0 radical (unpaired) electrons. The van der Waals surface area contributed by atoms with E-state index in [4.69, 9.17) is 0 Å². The number of H-pyrrole nitrogens is 1. The zero-order chi connectivity index (χ0) is 11.1. The minimum atomic E-state index is 0.0523. The van der Waals surface area contributed by atoms with E-state index in [2.05, 4.69) is 27.1 Å². The summed E-state index contributed by atoms with van der Waals surface area (Å²) in [5.41, 5.74) is 5.23. The molecule has 0 atom stereocenters. The van der Waals surface area contributed by atoms with Gasteiger partial charge in [0, 0.05) is 29.6 Å². The number of fused-ring (bicyclic) bond motifs is 1. The Balaban J connectivity index is 2.19. The number of thiophene rings is 1. The first-order valence-corrected chi connectivity index (χ1v) is 6.24. The van der Waals surface area contributed by atoms with Crippen LogP contribution in [0.15, 0.2) is 16.8 Å². The largest absolute Gasteiger partial charge is 0.357 e. The lowest BCUT2D eigenvalue weighted by Gasteiger charge is -2.12. The fraction of sp³-hybridized carbons (Fsp3) is 0.250. The highest BCUT2D eigenvalue weighted by Gasteiger charge is 2.23. The van der Waals surface area contributed by atoms with E-state index in [9.17, 15) is 4.79 Å². The molecule has 3 rings (SSSR count). The van der Waals surface area contributed by atoms with E-state index in [0.29, 0.717) is 0 Å². The molecule has 0 aromatic carbocycles. The first kappa shape index (κ1) is 9.66. The molecule has 0 saturated heterocycles. The van der Waals surface area contributed by atoms with Crippen LogP contribution in [0.2, 0.25) is 0 Å². The molecular weight excluding hydrogens is 220 g/mol. The van der Waals surface area contributed by atoms with Gasteiger partial charge in [-0.25, -0.2) is 0 Å². The predicted octanol–water partition coefficient (Wildman–Crippen LogP) is 2.34. The molecule has 0 unspecified atom stereocenters. The normalized spacial score (nSPS) is 14.7. The molecule has 1 amide bonds. The maximum atomic E-state index is 11.8. The van der Waals surface area contributed by atoms with E-state index in [1.807, 2.05) is 6.92 Å². The lowest BCUT2D eigenvalue weighted by molar-refractivity contribution is 0.0945. The first-order chi connectivity index (χ1) is 7.77. The van der Waals surface area contributed by atoms with E-state index in [1.165, 1.54) is 5.56 Å².